The maximum Gasteiger partial charge on any atom is 0.492 e. The van der Waals surface area contributed by atoms with Gasteiger partial charge in [0, 0.05) is 19.2 Å². The van der Waals surface area contributed by atoms with Crippen molar-refractivity contribution in [1.82, 2.24) is 10.3 Å². The van der Waals surface area contributed by atoms with Crippen molar-refractivity contribution in [1.29, 1.82) is 0 Å². The zero-order valence-corrected chi connectivity index (χ0v) is 14.8. The van der Waals surface area contributed by atoms with Crippen LogP contribution in [0.5, 0.6) is 0 Å². The number of aromatic nitrogens is 1. The average Bonchev–Trinajstić information content (AvgIpc) is 2.63. The molecular formula is C17H25BN2O3. The van der Waals surface area contributed by atoms with Crippen molar-refractivity contribution in [2.45, 2.75) is 52.7 Å². The van der Waals surface area contributed by atoms with E-state index < -0.39 is 18.3 Å². The molecule has 0 aromatic carbocycles. The molecule has 0 bridgehead atoms. The number of hydrogen-bond acceptors (Lipinski definition) is 4. The van der Waals surface area contributed by atoms with Gasteiger partial charge in [0.1, 0.15) is 0 Å². The zero-order valence-electron chi connectivity index (χ0n) is 14.8. The Morgan fingerprint density at radius 3 is 2.39 bits per heavy atom. The minimum atomic E-state index is -0.505. The van der Waals surface area contributed by atoms with Crippen LogP contribution in [0.3, 0.4) is 0 Å². The van der Waals surface area contributed by atoms with Crippen LogP contribution in [0, 0.1) is 6.92 Å². The van der Waals surface area contributed by atoms with Crippen molar-refractivity contribution < 1.29 is 14.1 Å². The number of rotatable bonds is 4. The van der Waals surface area contributed by atoms with Gasteiger partial charge in [-0.3, -0.25) is 9.78 Å². The Hall–Kier alpha value is -1.66. The summed E-state index contributed by atoms with van der Waals surface area (Å²) in [5.41, 5.74) is 1.75. The second kappa shape index (κ2) is 6.45. The maximum absolute atomic E-state index is 11.3. The molecule has 5 nitrogen and oxygen atoms in total. The van der Waals surface area contributed by atoms with Crippen LogP contribution in [0.15, 0.2) is 23.7 Å². The van der Waals surface area contributed by atoms with Crippen LogP contribution in [0.1, 0.15) is 46.0 Å². The van der Waals surface area contributed by atoms with Gasteiger partial charge in [-0.05, 0) is 58.3 Å². The van der Waals surface area contributed by atoms with E-state index in [4.69, 9.17) is 9.31 Å². The summed E-state index contributed by atoms with van der Waals surface area (Å²) in [6.07, 6.45) is 1.92. The van der Waals surface area contributed by atoms with Crippen molar-refractivity contribution in [3.63, 3.8) is 0 Å². The predicted octanol–water partition coefficient (Wildman–Crippen LogP) is 2.54. The molecule has 1 aromatic heterocycles. The summed E-state index contributed by atoms with van der Waals surface area (Å²) in [4.78, 5) is 15.8. The number of amides is 1. The highest BCUT2D eigenvalue weighted by atomic mass is 16.7. The van der Waals surface area contributed by atoms with E-state index in [1.165, 1.54) is 6.92 Å². The molecule has 0 atom stereocenters. The third kappa shape index (κ3) is 4.21. The first kappa shape index (κ1) is 17.7. The molecule has 0 unspecified atom stereocenters. The van der Waals surface area contributed by atoms with Gasteiger partial charge in [-0.25, -0.2) is 0 Å². The molecule has 2 heterocycles. The van der Waals surface area contributed by atoms with Gasteiger partial charge in [0.2, 0.25) is 5.91 Å². The van der Waals surface area contributed by atoms with Crippen molar-refractivity contribution in [3.8, 4) is 0 Å². The zero-order chi connectivity index (χ0) is 17.3. The first-order valence-corrected chi connectivity index (χ1v) is 7.85. The highest BCUT2D eigenvalue weighted by Gasteiger charge is 2.52. The lowest BCUT2D eigenvalue weighted by Gasteiger charge is -2.32. The molecule has 1 aromatic rings. The predicted molar refractivity (Wildman–Crippen MR) is 91.7 cm³/mol. The smallest absolute Gasteiger partial charge is 0.400 e. The van der Waals surface area contributed by atoms with E-state index in [1.807, 2.05) is 58.9 Å². The standard InChI is InChI=1S/C17H25BN2O3/c1-12-8-7-9-15(20-12)10-14(11-19-13(2)21)18-22-16(3,4)17(5,6)23-18/h7-10H,11H2,1-6H3,(H,19,21). The van der Waals surface area contributed by atoms with E-state index in [1.54, 1.807) is 0 Å². The molecule has 1 aliphatic rings. The molecule has 124 valence electrons. The van der Waals surface area contributed by atoms with Crippen molar-refractivity contribution in [3.05, 3.63) is 35.1 Å². The van der Waals surface area contributed by atoms with Crippen molar-refractivity contribution in [2.24, 2.45) is 0 Å². The lowest BCUT2D eigenvalue weighted by Crippen LogP contribution is -2.41. The average molecular weight is 316 g/mol. The summed E-state index contributed by atoms with van der Waals surface area (Å²) in [5, 5.41) is 2.82. The molecule has 0 saturated carbocycles. The number of carbonyl (C=O) groups is 1. The third-order valence-electron chi connectivity index (χ3n) is 4.34. The van der Waals surface area contributed by atoms with Gasteiger partial charge in [0.15, 0.2) is 0 Å². The monoisotopic (exact) mass is 316 g/mol. The molecule has 1 aliphatic heterocycles. The fourth-order valence-corrected chi connectivity index (χ4v) is 2.26. The topological polar surface area (TPSA) is 60.5 Å². The molecule has 0 spiro atoms. The number of carbonyl (C=O) groups excluding carboxylic acids is 1. The number of nitrogens with one attached hydrogen (secondary N) is 1. The molecule has 1 amide bonds. The molecule has 2 rings (SSSR count). The van der Waals surface area contributed by atoms with Gasteiger partial charge in [-0.15, -0.1) is 0 Å². The molecule has 0 aliphatic carbocycles. The van der Waals surface area contributed by atoms with E-state index >= 15 is 0 Å². The van der Waals surface area contributed by atoms with E-state index in [2.05, 4.69) is 10.3 Å². The Morgan fingerprint density at radius 1 is 1.26 bits per heavy atom. The van der Waals surface area contributed by atoms with Crippen LogP contribution in [-0.4, -0.2) is 35.8 Å². The summed E-state index contributed by atoms with van der Waals surface area (Å²) < 4.78 is 12.2. The summed E-state index contributed by atoms with van der Waals surface area (Å²) >= 11 is 0. The summed E-state index contributed by atoms with van der Waals surface area (Å²) in [6, 6.07) is 5.82. The van der Waals surface area contributed by atoms with E-state index in [0.29, 0.717) is 6.54 Å². The third-order valence-corrected chi connectivity index (χ3v) is 4.34. The first-order chi connectivity index (χ1) is 10.6. The second-order valence-electron chi connectivity index (χ2n) is 6.92. The van der Waals surface area contributed by atoms with E-state index in [0.717, 1.165) is 16.9 Å². The van der Waals surface area contributed by atoms with Crippen LogP contribution in [0.4, 0.5) is 0 Å². The minimum Gasteiger partial charge on any atom is -0.400 e. The fourth-order valence-electron chi connectivity index (χ4n) is 2.26. The lowest BCUT2D eigenvalue weighted by atomic mass is 9.77. The minimum absolute atomic E-state index is 0.0929. The maximum atomic E-state index is 11.3. The largest absolute Gasteiger partial charge is 0.492 e. The second-order valence-corrected chi connectivity index (χ2v) is 6.92. The summed E-state index contributed by atoms with van der Waals surface area (Å²) in [5.74, 6) is -0.0929. The van der Waals surface area contributed by atoms with E-state index in [-0.39, 0.29) is 5.91 Å². The van der Waals surface area contributed by atoms with Crippen molar-refractivity contribution in [2.75, 3.05) is 6.54 Å². The number of hydrogen-bond donors (Lipinski definition) is 1. The van der Waals surface area contributed by atoms with Gasteiger partial charge < -0.3 is 14.6 Å². The Bertz CT molecular complexity index is 610. The van der Waals surface area contributed by atoms with Crippen LogP contribution in [0.25, 0.3) is 6.08 Å². The van der Waals surface area contributed by atoms with Gasteiger partial charge in [-0.2, -0.15) is 0 Å². The molecular weight excluding hydrogens is 291 g/mol. The van der Waals surface area contributed by atoms with Crippen LogP contribution < -0.4 is 5.32 Å². The molecule has 1 saturated heterocycles. The van der Waals surface area contributed by atoms with Crippen LogP contribution in [0.2, 0.25) is 0 Å². The first-order valence-electron chi connectivity index (χ1n) is 7.85. The van der Waals surface area contributed by atoms with Gasteiger partial charge >= 0.3 is 7.12 Å². The van der Waals surface area contributed by atoms with Gasteiger partial charge in [0.25, 0.3) is 0 Å². The summed E-state index contributed by atoms with van der Waals surface area (Å²) in [6.45, 7) is 11.8. The highest BCUT2D eigenvalue weighted by Crippen LogP contribution is 2.38. The molecule has 1 N–H and O–H groups in total. The number of nitrogens with zero attached hydrogens (tertiary/aromatic N) is 1. The van der Waals surface area contributed by atoms with Crippen LogP contribution >= 0.6 is 0 Å². The van der Waals surface area contributed by atoms with Crippen LogP contribution in [-0.2, 0) is 14.1 Å². The lowest BCUT2D eigenvalue weighted by molar-refractivity contribution is -0.118. The highest BCUT2D eigenvalue weighted by molar-refractivity contribution is 6.56. The van der Waals surface area contributed by atoms with E-state index in [9.17, 15) is 4.79 Å². The SMILES string of the molecule is CC(=O)NCC(=Cc1cccc(C)n1)B1OC(C)(C)C(C)(C)O1. The molecule has 1 fully saturated rings. The van der Waals surface area contributed by atoms with Gasteiger partial charge in [0.05, 0.1) is 16.9 Å². The molecule has 0 radical (unpaired) electrons. The Labute approximate surface area is 138 Å². The summed E-state index contributed by atoms with van der Waals surface area (Å²) in [7, 11) is -0.505. The molecule has 6 heteroatoms. The number of aryl methyl sites for hydroxylation is 1. The Kier molecular flexibility index (Phi) is 4.97. The van der Waals surface area contributed by atoms with Crippen molar-refractivity contribution >= 4 is 19.1 Å². The Morgan fingerprint density at radius 2 is 1.87 bits per heavy atom. The Balaban J connectivity index is 2.30. The van der Waals surface area contributed by atoms with Gasteiger partial charge in [-0.1, -0.05) is 6.07 Å². The molecule has 23 heavy (non-hydrogen) atoms. The normalized spacial score (nSPS) is 19.7. The fraction of sp³-hybridized carbons (Fsp3) is 0.529. The number of pyridine rings is 1. The quantitative estimate of drug-likeness (QED) is 0.867.